The van der Waals surface area contributed by atoms with Gasteiger partial charge in [0, 0.05) is 6.07 Å². The van der Waals surface area contributed by atoms with Gasteiger partial charge in [0.25, 0.3) is 0 Å². The molecule has 0 aromatic heterocycles. The second kappa shape index (κ2) is 6.28. The largest absolute Gasteiger partial charge is 0.497 e. The summed E-state index contributed by atoms with van der Waals surface area (Å²) in [5.41, 5.74) is 0.888. The summed E-state index contributed by atoms with van der Waals surface area (Å²) >= 11 is 0. The van der Waals surface area contributed by atoms with E-state index < -0.39 is 11.9 Å². The molecule has 1 unspecified atom stereocenters. The van der Waals surface area contributed by atoms with Gasteiger partial charge in [0.05, 0.1) is 20.1 Å². The first kappa shape index (κ1) is 14.4. The maximum atomic E-state index is 11.2. The van der Waals surface area contributed by atoms with Gasteiger partial charge >= 0.3 is 5.97 Å². The van der Waals surface area contributed by atoms with E-state index >= 15 is 0 Å². The highest BCUT2D eigenvalue weighted by Crippen LogP contribution is 2.28. The lowest BCUT2D eigenvalue weighted by atomic mass is 9.89. The lowest BCUT2D eigenvalue weighted by Gasteiger charge is -2.18. The normalized spacial score (nSPS) is 12.3. The lowest BCUT2D eigenvalue weighted by Crippen LogP contribution is -2.22. The number of carboxylic acid groups (broad SMARTS) is 1. The number of hydrogen-bond donors (Lipinski definition) is 1. The van der Waals surface area contributed by atoms with Crippen molar-refractivity contribution >= 4 is 5.97 Å². The van der Waals surface area contributed by atoms with Crippen molar-refractivity contribution in [2.75, 3.05) is 14.2 Å². The summed E-state index contributed by atoms with van der Waals surface area (Å²) in [5, 5.41) is 9.20. The van der Waals surface area contributed by atoms with E-state index in [0.717, 1.165) is 5.56 Å². The third kappa shape index (κ3) is 3.39. The molecule has 0 aliphatic carbocycles. The van der Waals surface area contributed by atoms with Crippen LogP contribution >= 0.6 is 0 Å². The van der Waals surface area contributed by atoms with Gasteiger partial charge in [0.2, 0.25) is 0 Å². The molecule has 1 rings (SSSR count). The average molecular weight is 252 g/mol. The highest BCUT2D eigenvalue weighted by Gasteiger charge is 2.23. The van der Waals surface area contributed by atoms with Gasteiger partial charge in [-0.3, -0.25) is 4.79 Å². The smallest absolute Gasteiger partial charge is 0.307 e. The molecular weight excluding hydrogens is 232 g/mol. The van der Waals surface area contributed by atoms with Gasteiger partial charge in [0.1, 0.15) is 11.5 Å². The molecule has 4 nitrogen and oxygen atoms in total. The minimum atomic E-state index is -0.775. The van der Waals surface area contributed by atoms with E-state index in [2.05, 4.69) is 0 Å². The van der Waals surface area contributed by atoms with Gasteiger partial charge < -0.3 is 14.6 Å². The monoisotopic (exact) mass is 252 g/mol. The van der Waals surface area contributed by atoms with Gasteiger partial charge in [-0.15, -0.1) is 0 Å². The summed E-state index contributed by atoms with van der Waals surface area (Å²) in [4.78, 5) is 11.2. The maximum absolute atomic E-state index is 11.2. The van der Waals surface area contributed by atoms with Crippen LogP contribution in [0.1, 0.15) is 19.4 Å². The van der Waals surface area contributed by atoms with Crippen molar-refractivity contribution in [2.45, 2.75) is 20.3 Å². The Morgan fingerprint density at radius 2 is 1.94 bits per heavy atom. The molecule has 0 saturated heterocycles. The molecule has 0 spiro atoms. The number of ether oxygens (including phenoxy) is 2. The van der Waals surface area contributed by atoms with Gasteiger partial charge in [-0.25, -0.2) is 0 Å². The van der Waals surface area contributed by atoms with Crippen LogP contribution in [-0.2, 0) is 11.2 Å². The number of carboxylic acids is 1. The Hall–Kier alpha value is -1.71. The van der Waals surface area contributed by atoms with Crippen LogP contribution in [0, 0.1) is 11.8 Å². The van der Waals surface area contributed by atoms with E-state index in [4.69, 9.17) is 9.47 Å². The maximum Gasteiger partial charge on any atom is 0.307 e. The van der Waals surface area contributed by atoms with Crippen LogP contribution in [-0.4, -0.2) is 25.3 Å². The number of aliphatic carboxylic acids is 1. The summed E-state index contributed by atoms with van der Waals surface area (Å²) in [6.07, 6.45) is 0.458. The van der Waals surface area contributed by atoms with Crippen molar-refractivity contribution in [3.05, 3.63) is 23.8 Å². The predicted octanol–water partition coefficient (Wildman–Crippen LogP) is 2.60. The van der Waals surface area contributed by atoms with Crippen LogP contribution in [0.5, 0.6) is 11.5 Å². The summed E-state index contributed by atoms with van der Waals surface area (Å²) in [6.45, 7) is 3.82. The summed E-state index contributed by atoms with van der Waals surface area (Å²) < 4.78 is 10.4. The van der Waals surface area contributed by atoms with E-state index in [0.29, 0.717) is 17.9 Å². The molecule has 0 bridgehead atoms. The third-order valence-corrected chi connectivity index (χ3v) is 3.06. The molecule has 0 heterocycles. The molecule has 1 aromatic rings. The zero-order chi connectivity index (χ0) is 13.7. The van der Waals surface area contributed by atoms with Gasteiger partial charge in [-0.2, -0.15) is 0 Å². The first-order valence-electron chi connectivity index (χ1n) is 5.93. The van der Waals surface area contributed by atoms with Crippen molar-refractivity contribution in [1.82, 2.24) is 0 Å². The van der Waals surface area contributed by atoms with Crippen LogP contribution in [0.2, 0.25) is 0 Å². The van der Waals surface area contributed by atoms with Crippen LogP contribution in [0.25, 0.3) is 0 Å². The number of carbonyl (C=O) groups is 1. The summed E-state index contributed by atoms with van der Waals surface area (Å²) in [6, 6.07) is 5.45. The molecule has 1 atom stereocenters. The molecule has 0 aliphatic rings. The van der Waals surface area contributed by atoms with Crippen LogP contribution < -0.4 is 9.47 Å². The minimum absolute atomic E-state index is 0.0781. The predicted molar refractivity (Wildman–Crippen MR) is 69.2 cm³/mol. The molecule has 0 aliphatic heterocycles. The summed E-state index contributed by atoms with van der Waals surface area (Å²) in [7, 11) is 3.16. The molecule has 4 heteroatoms. The first-order chi connectivity index (χ1) is 8.49. The average Bonchev–Trinajstić information content (AvgIpc) is 2.34. The molecule has 0 amide bonds. The van der Waals surface area contributed by atoms with E-state index in [1.54, 1.807) is 20.3 Å². The highest BCUT2D eigenvalue weighted by molar-refractivity contribution is 5.71. The van der Waals surface area contributed by atoms with Gasteiger partial charge in [-0.05, 0) is 24.0 Å². The molecular formula is C14H20O4. The van der Waals surface area contributed by atoms with Crippen LogP contribution in [0.4, 0.5) is 0 Å². The number of methoxy groups -OCH3 is 2. The molecule has 0 fully saturated rings. The SMILES string of the molecule is COc1ccc(CC(C(=O)O)C(C)C)c(OC)c1. The quantitative estimate of drug-likeness (QED) is 0.845. The van der Waals surface area contributed by atoms with E-state index in [9.17, 15) is 9.90 Å². The molecule has 1 aromatic carbocycles. The van der Waals surface area contributed by atoms with Crippen molar-refractivity contribution in [3.63, 3.8) is 0 Å². The molecule has 1 N–H and O–H groups in total. The Labute approximate surface area is 108 Å². The topological polar surface area (TPSA) is 55.8 Å². The Morgan fingerprint density at radius 1 is 1.28 bits per heavy atom. The Morgan fingerprint density at radius 3 is 2.39 bits per heavy atom. The van der Waals surface area contributed by atoms with Crippen molar-refractivity contribution < 1.29 is 19.4 Å². The molecule has 0 radical (unpaired) electrons. The van der Waals surface area contributed by atoms with Crippen LogP contribution in [0.15, 0.2) is 18.2 Å². The fraction of sp³-hybridized carbons (Fsp3) is 0.500. The Balaban J connectivity index is 2.98. The number of rotatable bonds is 6. The molecule has 18 heavy (non-hydrogen) atoms. The zero-order valence-electron chi connectivity index (χ0n) is 11.3. The summed E-state index contributed by atoms with van der Waals surface area (Å²) in [5.74, 6) is 0.262. The fourth-order valence-corrected chi connectivity index (χ4v) is 1.87. The van der Waals surface area contributed by atoms with Crippen LogP contribution in [0.3, 0.4) is 0 Å². The Kier molecular flexibility index (Phi) is 5.01. The fourth-order valence-electron chi connectivity index (χ4n) is 1.87. The highest BCUT2D eigenvalue weighted by atomic mass is 16.5. The zero-order valence-corrected chi connectivity index (χ0v) is 11.3. The standard InChI is InChI=1S/C14H20O4/c1-9(2)12(14(15)16)7-10-5-6-11(17-3)8-13(10)18-4/h5-6,8-9,12H,7H2,1-4H3,(H,15,16). The minimum Gasteiger partial charge on any atom is -0.497 e. The number of hydrogen-bond acceptors (Lipinski definition) is 3. The van der Waals surface area contributed by atoms with Crippen molar-refractivity contribution in [1.29, 1.82) is 0 Å². The number of benzene rings is 1. The second-order valence-corrected chi connectivity index (χ2v) is 4.57. The Bertz CT molecular complexity index is 412. The van der Waals surface area contributed by atoms with E-state index in [1.807, 2.05) is 26.0 Å². The van der Waals surface area contributed by atoms with Gasteiger partial charge in [-0.1, -0.05) is 19.9 Å². The molecule has 0 saturated carbocycles. The third-order valence-electron chi connectivity index (χ3n) is 3.06. The van der Waals surface area contributed by atoms with E-state index in [-0.39, 0.29) is 5.92 Å². The van der Waals surface area contributed by atoms with Crippen molar-refractivity contribution in [2.24, 2.45) is 11.8 Å². The second-order valence-electron chi connectivity index (χ2n) is 4.57. The van der Waals surface area contributed by atoms with E-state index in [1.165, 1.54) is 0 Å². The lowest BCUT2D eigenvalue weighted by molar-refractivity contribution is -0.143. The molecule has 100 valence electrons. The first-order valence-corrected chi connectivity index (χ1v) is 5.93. The van der Waals surface area contributed by atoms with Gasteiger partial charge in [0.15, 0.2) is 0 Å². The van der Waals surface area contributed by atoms with Crippen molar-refractivity contribution in [3.8, 4) is 11.5 Å².